The van der Waals surface area contributed by atoms with E-state index >= 15 is 0 Å². The van der Waals surface area contributed by atoms with Gasteiger partial charge in [-0.3, -0.25) is 9.48 Å². The highest BCUT2D eigenvalue weighted by Crippen LogP contribution is 2.20. The van der Waals surface area contributed by atoms with E-state index in [1.165, 1.54) is 12.0 Å². The van der Waals surface area contributed by atoms with Crippen molar-refractivity contribution in [3.8, 4) is 0 Å². The fourth-order valence-corrected chi connectivity index (χ4v) is 3.40. The number of nitrogens with one attached hydrogen (secondary N) is 1. The van der Waals surface area contributed by atoms with E-state index in [1.54, 1.807) is 0 Å². The van der Waals surface area contributed by atoms with Crippen LogP contribution in [-0.4, -0.2) is 61.9 Å². The molecule has 0 aliphatic heterocycles. The number of benzene rings is 1. The highest BCUT2D eigenvalue weighted by Gasteiger charge is 2.12. The number of rotatable bonds is 17. The molecule has 0 fully saturated rings. The molecule has 1 heterocycles. The third kappa shape index (κ3) is 10.4. The van der Waals surface area contributed by atoms with Gasteiger partial charge >= 0.3 is 0 Å². The van der Waals surface area contributed by atoms with Gasteiger partial charge < -0.3 is 19.5 Å². The SMILES string of the molecule is CC(C)CCCOCCOCCOCCNC(=O)c1ccc(C(C)n2cc(C(C)C)cn2)cc1. The predicted octanol–water partition coefficient (Wildman–Crippen LogP) is 4.83. The lowest BCUT2D eigenvalue weighted by molar-refractivity contribution is 0.0142. The number of hydrogen-bond acceptors (Lipinski definition) is 5. The first-order chi connectivity index (χ1) is 16.4. The van der Waals surface area contributed by atoms with Crippen LogP contribution >= 0.6 is 0 Å². The van der Waals surface area contributed by atoms with Gasteiger partial charge in [0.05, 0.1) is 45.3 Å². The Morgan fingerprint density at radius 1 is 0.882 bits per heavy atom. The normalized spacial score (nSPS) is 12.4. The van der Waals surface area contributed by atoms with Crippen molar-refractivity contribution in [1.29, 1.82) is 0 Å². The largest absolute Gasteiger partial charge is 0.379 e. The summed E-state index contributed by atoms with van der Waals surface area (Å²) in [5, 5.41) is 7.37. The van der Waals surface area contributed by atoms with Gasteiger partial charge in [0.1, 0.15) is 0 Å². The van der Waals surface area contributed by atoms with E-state index in [0.29, 0.717) is 51.1 Å². The third-order valence-electron chi connectivity index (χ3n) is 5.69. The smallest absolute Gasteiger partial charge is 0.251 e. The quantitative estimate of drug-likeness (QED) is 0.333. The Bertz CT molecular complexity index is 818. The second-order valence-corrected chi connectivity index (χ2v) is 9.34. The molecule has 0 spiro atoms. The van der Waals surface area contributed by atoms with Crippen molar-refractivity contribution in [1.82, 2.24) is 15.1 Å². The molecule has 1 aromatic heterocycles. The molecule has 7 nitrogen and oxygen atoms in total. The Labute approximate surface area is 205 Å². The Hall–Kier alpha value is -2.22. The summed E-state index contributed by atoms with van der Waals surface area (Å²) < 4.78 is 18.5. The summed E-state index contributed by atoms with van der Waals surface area (Å²) >= 11 is 0. The van der Waals surface area contributed by atoms with Gasteiger partial charge in [0.2, 0.25) is 0 Å². The number of amides is 1. The molecule has 2 aromatic rings. The van der Waals surface area contributed by atoms with Crippen LogP contribution in [0.3, 0.4) is 0 Å². The van der Waals surface area contributed by atoms with Crippen LogP contribution in [-0.2, 0) is 14.2 Å². The predicted molar refractivity (Wildman–Crippen MR) is 135 cm³/mol. The topological polar surface area (TPSA) is 74.6 Å². The Balaban J connectivity index is 1.55. The highest BCUT2D eigenvalue weighted by atomic mass is 16.5. The van der Waals surface area contributed by atoms with Crippen molar-refractivity contribution in [2.24, 2.45) is 5.92 Å². The molecule has 2 rings (SSSR count). The van der Waals surface area contributed by atoms with Gasteiger partial charge in [0, 0.05) is 24.9 Å². The third-order valence-corrected chi connectivity index (χ3v) is 5.69. The number of carbonyl (C=O) groups is 1. The molecule has 1 atom stereocenters. The van der Waals surface area contributed by atoms with Gasteiger partial charge in [-0.25, -0.2) is 0 Å². The summed E-state index contributed by atoms with van der Waals surface area (Å²) in [7, 11) is 0. The fourth-order valence-electron chi connectivity index (χ4n) is 3.40. The van der Waals surface area contributed by atoms with Crippen LogP contribution < -0.4 is 5.32 Å². The average Bonchev–Trinajstić information content (AvgIpc) is 3.32. The van der Waals surface area contributed by atoms with Crippen molar-refractivity contribution in [3.05, 3.63) is 53.3 Å². The summed E-state index contributed by atoms with van der Waals surface area (Å²) in [5.74, 6) is 1.07. The zero-order valence-corrected chi connectivity index (χ0v) is 21.6. The van der Waals surface area contributed by atoms with Crippen molar-refractivity contribution < 1.29 is 19.0 Å². The maximum absolute atomic E-state index is 12.4. The van der Waals surface area contributed by atoms with Crippen molar-refractivity contribution >= 4 is 5.91 Å². The maximum atomic E-state index is 12.4. The Morgan fingerprint density at radius 2 is 1.50 bits per heavy atom. The molecule has 0 saturated heterocycles. The lowest BCUT2D eigenvalue weighted by Crippen LogP contribution is -2.27. The summed E-state index contributed by atoms with van der Waals surface area (Å²) in [4.78, 5) is 12.4. The molecule has 1 unspecified atom stereocenters. The number of carbonyl (C=O) groups excluding carboxylic acids is 1. The van der Waals surface area contributed by atoms with E-state index < -0.39 is 0 Å². The average molecular weight is 474 g/mol. The summed E-state index contributed by atoms with van der Waals surface area (Å²) in [6.07, 6.45) is 6.30. The number of aromatic nitrogens is 2. The van der Waals surface area contributed by atoms with Crippen LogP contribution in [0.4, 0.5) is 0 Å². The van der Waals surface area contributed by atoms with E-state index in [0.717, 1.165) is 24.5 Å². The lowest BCUT2D eigenvalue weighted by Gasteiger charge is -2.13. The maximum Gasteiger partial charge on any atom is 0.251 e. The fraction of sp³-hybridized carbons (Fsp3) is 0.630. The molecule has 1 amide bonds. The monoisotopic (exact) mass is 473 g/mol. The molecule has 0 aliphatic rings. The first-order valence-corrected chi connectivity index (χ1v) is 12.5. The van der Waals surface area contributed by atoms with Crippen LogP contribution in [0.5, 0.6) is 0 Å². The van der Waals surface area contributed by atoms with Crippen LogP contribution in [0, 0.1) is 5.92 Å². The van der Waals surface area contributed by atoms with Gasteiger partial charge in [-0.05, 0) is 54.9 Å². The van der Waals surface area contributed by atoms with E-state index in [-0.39, 0.29) is 11.9 Å². The number of hydrogen-bond donors (Lipinski definition) is 1. The molecule has 1 aromatic carbocycles. The van der Waals surface area contributed by atoms with E-state index in [2.05, 4.69) is 51.2 Å². The van der Waals surface area contributed by atoms with Crippen molar-refractivity contribution in [3.63, 3.8) is 0 Å². The zero-order chi connectivity index (χ0) is 24.8. The van der Waals surface area contributed by atoms with Gasteiger partial charge in [-0.15, -0.1) is 0 Å². The van der Waals surface area contributed by atoms with Gasteiger partial charge in [0.25, 0.3) is 5.91 Å². The molecule has 7 heteroatoms. The second kappa shape index (κ2) is 15.6. The Morgan fingerprint density at radius 3 is 2.09 bits per heavy atom. The first kappa shape index (κ1) is 28.0. The molecular formula is C27H43N3O4. The minimum absolute atomic E-state index is 0.102. The molecule has 0 aliphatic carbocycles. The molecule has 190 valence electrons. The minimum Gasteiger partial charge on any atom is -0.379 e. The van der Waals surface area contributed by atoms with Crippen molar-refractivity contribution in [2.45, 2.75) is 59.4 Å². The molecule has 1 N–H and O–H groups in total. The number of nitrogens with zero attached hydrogens (tertiary/aromatic N) is 2. The van der Waals surface area contributed by atoms with E-state index in [1.807, 2.05) is 35.1 Å². The summed E-state index contributed by atoms with van der Waals surface area (Å²) in [6.45, 7) is 14.8. The highest BCUT2D eigenvalue weighted by molar-refractivity contribution is 5.94. The second-order valence-electron chi connectivity index (χ2n) is 9.34. The number of ether oxygens (including phenoxy) is 3. The molecule has 0 bridgehead atoms. The molecule has 0 radical (unpaired) electrons. The summed E-state index contributed by atoms with van der Waals surface area (Å²) in [6, 6.07) is 7.79. The van der Waals surface area contributed by atoms with E-state index in [9.17, 15) is 4.79 Å². The standard InChI is InChI=1S/C27H43N3O4/c1-21(2)7-6-13-32-15-17-34-18-16-33-14-12-28-27(31)25-10-8-24(9-11-25)23(5)30-20-26(19-29-30)22(3)4/h8-11,19-23H,6-7,12-18H2,1-5H3,(H,28,31). The first-order valence-electron chi connectivity index (χ1n) is 12.5. The molecular weight excluding hydrogens is 430 g/mol. The van der Waals surface area contributed by atoms with Crippen molar-refractivity contribution in [2.75, 3.05) is 46.2 Å². The zero-order valence-electron chi connectivity index (χ0n) is 21.6. The minimum atomic E-state index is -0.102. The molecule has 0 saturated carbocycles. The van der Waals surface area contributed by atoms with Gasteiger partial charge in [-0.2, -0.15) is 5.10 Å². The Kier molecular flexibility index (Phi) is 12.9. The van der Waals surface area contributed by atoms with Crippen LogP contribution in [0.2, 0.25) is 0 Å². The van der Waals surface area contributed by atoms with Crippen LogP contribution in [0.1, 0.15) is 80.9 Å². The molecule has 34 heavy (non-hydrogen) atoms. The lowest BCUT2D eigenvalue weighted by atomic mass is 10.1. The van der Waals surface area contributed by atoms with Crippen LogP contribution in [0.15, 0.2) is 36.7 Å². The summed E-state index contributed by atoms with van der Waals surface area (Å²) in [5.41, 5.74) is 2.97. The van der Waals surface area contributed by atoms with E-state index in [4.69, 9.17) is 14.2 Å². The van der Waals surface area contributed by atoms with Crippen LogP contribution in [0.25, 0.3) is 0 Å². The van der Waals surface area contributed by atoms with Gasteiger partial charge in [-0.1, -0.05) is 39.8 Å². The van der Waals surface area contributed by atoms with Gasteiger partial charge in [0.15, 0.2) is 0 Å².